The van der Waals surface area contributed by atoms with Crippen LogP contribution < -0.4 is 0 Å². The van der Waals surface area contributed by atoms with Crippen molar-refractivity contribution in [3.8, 4) is 0 Å². The Hall–Kier alpha value is 0.110. The van der Waals surface area contributed by atoms with Gasteiger partial charge < -0.3 is 0 Å². The van der Waals surface area contributed by atoms with Crippen LogP contribution in [0.1, 0.15) is 78.1 Å². The Labute approximate surface area is 125 Å². The van der Waals surface area contributed by atoms with Gasteiger partial charge in [-0.2, -0.15) is 0 Å². The molecule has 1 atom stereocenters. The van der Waals surface area contributed by atoms with E-state index in [9.17, 15) is 4.57 Å². The number of unbranched alkanes of at least 4 members (excludes halogenated alkanes) is 8. The van der Waals surface area contributed by atoms with E-state index in [4.69, 9.17) is 13.6 Å². The molecule has 0 aliphatic carbocycles. The van der Waals surface area contributed by atoms with Gasteiger partial charge in [-0.1, -0.05) is 65.2 Å². The van der Waals surface area contributed by atoms with Gasteiger partial charge in [-0.25, -0.2) is 4.57 Å². The second kappa shape index (κ2) is 14.1. The van der Waals surface area contributed by atoms with Gasteiger partial charge in [-0.15, -0.1) is 0 Å². The summed E-state index contributed by atoms with van der Waals surface area (Å²) in [5.74, 6) is 0. The van der Waals surface area contributed by atoms with Gasteiger partial charge in [0, 0.05) is 7.11 Å². The molecule has 0 N–H and O–H groups in total. The molecule has 0 spiro atoms. The molecule has 0 aliphatic heterocycles. The van der Waals surface area contributed by atoms with E-state index in [1.165, 1.54) is 45.6 Å². The molecule has 0 bridgehead atoms. The van der Waals surface area contributed by atoms with E-state index in [1.54, 1.807) is 0 Å². The molecule has 0 aromatic heterocycles. The van der Waals surface area contributed by atoms with Gasteiger partial charge in [0.05, 0.1) is 13.2 Å². The lowest BCUT2D eigenvalue weighted by Crippen LogP contribution is -2.01. The fraction of sp³-hybridized carbons (Fsp3) is 1.00. The molecule has 122 valence electrons. The lowest BCUT2D eigenvalue weighted by atomic mass is 10.1. The molecule has 0 radical (unpaired) electrons. The maximum Gasteiger partial charge on any atom is 0.474 e. The number of phosphoric ester groups is 1. The first-order chi connectivity index (χ1) is 9.68. The molecular weight excluding hydrogens is 275 g/mol. The van der Waals surface area contributed by atoms with Gasteiger partial charge in [0.15, 0.2) is 0 Å². The van der Waals surface area contributed by atoms with Crippen LogP contribution in [-0.4, -0.2) is 20.3 Å². The molecule has 0 rings (SSSR count). The minimum Gasteiger partial charge on any atom is -0.290 e. The molecule has 0 amide bonds. The predicted molar refractivity (Wildman–Crippen MR) is 84.0 cm³/mol. The Morgan fingerprint density at radius 3 is 1.55 bits per heavy atom. The van der Waals surface area contributed by atoms with Crippen LogP contribution in [0.4, 0.5) is 0 Å². The van der Waals surface area contributed by atoms with Crippen LogP contribution in [0.2, 0.25) is 0 Å². The SMILES string of the molecule is CCCCCCCCOP(=O)(OC)OCCCCCC. The normalized spacial score (nSPS) is 14.3. The van der Waals surface area contributed by atoms with Crippen molar-refractivity contribution >= 4 is 7.82 Å². The van der Waals surface area contributed by atoms with E-state index in [-0.39, 0.29) is 0 Å². The quantitative estimate of drug-likeness (QED) is 0.287. The smallest absolute Gasteiger partial charge is 0.290 e. The Morgan fingerprint density at radius 2 is 1.10 bits per heavy atom. The van der Waals surface area contributed by atoms with Crippen LogP contribution in [0.25, 0.3) is 0 Å². The van der Waals surface area contributed by atoms with Gasteiger partial charge in [-0.05, 0) is 12.8 Å². The molecule has 0 saturated heterocycles. The highest BCUT2D eigenvalue weighted by atomic mass is 31.2. The summed E-state index contributed by atoms with van der Waals surface area (Å²) < 4.78 is 27.6. The third kappa shape index (κ3) is 11.9. The third-order valence-corrected chi connectivity index (χ3v) is 4.66. The molecule has 0 aromatic carbocycles. The summed E-state index contributed by atoms with van der Waals surface area (Å²) >= 11 is 0. The van der Waals surface area contributed by atoms with Crippen molar-refractivity contribution in [2.75, 3.05) is 20.3 Å². The van der Waals surface area contributed by atoms with Crippen LogP contribution in [0.3, 0.4) is 0 Å². The summed E-state index contributed by atoms with van der Waals surface area (Å²) in [5.41, 5.74) is 0. The molecule has 20 heavy (non-hydrogen) atoms. The maximum atomic E-state index is 12.1. The van der Waals surface area contributed by atoms with Gasteiger partial charge in [0.1, 0.15) is 0 Å². The van der Waals surface area contributed by atoms with Crippen molar-refractivity contribution in [2.24, 2.45) is 0 Å². The zero-order chi connectivity index (χ0) is 15.1. The number of hydrogen-bond donors (Lipinski definition) is 0. The molecule has 0 saturated carbocycles. The summed E-state index contributed by atoms with van der Waals surface area (Å²) in [6.45, 7) is 5.26. The topological polar surface area (TPSA) is 44.8 Å². The standard InChI is InChI=1S/C15H33O4P/c1-4-6-8-10-11-13-15-19-20(16,17-3)18-14-12-9-7-5-2/h4-15H2,1-3H3. The molecular formula is C15H33O4P. The average molecular weight is 308 g/mol. The van der Waals surface area contributed by atoms with Crippen molar-refractivity contribution in [2.45, 2.75) is 78.1 Å². The van der Waals surface area contributed by atoms with Crippen molar-refractivity contribution in [3.63, 3.8) is 0 Å². The highest BCUT2D eigenvalue weighted by molar-refractivity contribution is 7.48. The zero-order valence-electron chi connectivity index (χ0n) is 13.6. The Kier molecular flexibility index (Phi) is 14.1. The van der Waals surface area contributed by atoms with Crippen LogP contribution >= 0.6 is 7.82 Å². The highest BCUT2D eigenvalue weighted by Crippen LogP contribution is 2.48. The second-order valence-electron chi connectivity index (χ2n) is 5.12. The third-order valence-electron chi connectivity index (χ3n) is 3.22. The highest BCUT2D eigenvalue weighted by Gasteiger charge is 2.23. The lowest BCUT2D eigenvalue weighted by molar-refractivity contribution is 0.127. The molecule has 4 nitrogen and oxygen atoms in total. The average Bonchev–Trinajstić information content (AvgIpc) is 2.46. The molecule has 0 fully saturated rings. The summed E-state index contributed by atoms with van der Waals surface area (Å²) in [6, 6.07) is 0. The van der Waals surface area contributed by atoms with Crippen LogP contribution in [-0.2, 0) is 18.1 Å². The van der Waals surface area contributed by atoms with E-state index < -0.39 is 7.82 Å². The number of phosphoric acid groups is 1. The Morgan fingerprint density at radius 1 is 0.700 bits per heavy atom. The van der Waals surface area contributed by atoms with E-state index in [0.717, 1.165) is 25.7 Å². The molecule has 1 unspecified atom stereocenters. The van der Waals surface area contributed by atoms with Crippen molar-refractivity contribution in [1.29, 1.82) is 0 Å². The Bertz CT molecular complexity index is 246. The van der Waals surface area contributed by atoms with Crippen molar-refractivity contribution in [1.82, 2.24) is 0 Å². The minimum atomic E-state index is -3.31. The van der Waals surface area contributed by atoms with Crippen LogP contribution in [0.5, 0.6) is 0 Å². The van der Waals surface area contributed by atoms with Gasteiger partial charge in [0.25, 0.3) is 0 Å². The van der Waals surface area contributed by atoms with Gasteiger partial charge >= 0.3 is 7.82 Å². The number of hydrogen-bond acceptors (Lipinski definition) is 4. The number of rotatable bonds is 15. The van der Waals surface area contributed by atoms with Gasteiger partial charge in [0.2, 0.25) is 0 Å². The summed E-state index contributed by atoms with van der Waals surface area (Å²) in [4.78, 5) is 0. The molecule has 5 heteroatoms. The summed E-state index contributed by atoms with van der Waals surface area (Å²) in [6.07, 6.45) is 11.4. The predicted octanol–water partition coefficient (Wildman–Crippen LogP) is 5.71. The van der Waals surface area contributed by atoms with E-state index in [2.05, 4.69) is 13.8 Å². The molecule has 0 aliphatic rings. The van der Waals surface area contributed by atoms with Crippen molar-refractivity contribution < 1.29 is 18.1 Å². The summed E-state index contributed by atoms with van der Waals surface area (Å²) in [5, 5.41) is 0. The monoisotopic (exact) mass is 308 g/mol. The first kappa shape index (κ1) is 20.1. The van der Waals surface area contributed by atoms with E-state index in [0.29, 0.717) is 13.2 Å². The van der Waals surface area contributed by atoms with Crippen molar-refractivity contribution in [3.05, 3.63) is 0 Å². The largest absolute Gasteiger partial charge is 0.474 e. The molecule has 0 aromatic rings. The second-order valence-corrected chi connectivity index (χ2v) is 6.90. The fourth-order valence-corrected chi connectivity index (χ4v) is 2.90. The maximum absolute atomic E-state index is 12.1. The fourth-order valence-electron chi connectivity index (χ4n) is 1.91. The summed E-state index contributed by atoms with van der Waals surface area (Å²) in [7, 11) is -1.93. The first-order valence-electron chi connectivity index (χ1n) is 8.13. The van der Waals surface area contributed by atoms with Crippen LogP contribution in [0.15, 0.2) is 0 Å². The van der Waals surface area contributed by atoms with E-state index >= 15 is 0 Å². The van der Waals surface area contributed by atoms with Crippen LogP contribution in [0, 0.1) is 0 Å². The van der Waals surface area contributed by atoms with Gasteiger partial charge in [-0.3, -0.25) is 13.6 Å². The zero-order valence-corrected chi connectivity index (χ0v) is 14.5. The Balaban J connectivity index is 3.59. The minimum absolute atomic E-state index is 0.446. The first-order valence-corrected chi connectivity index (χ1v) is 9.59. The van der Waals surface area contributed by atoms with E-state index in [1.807, 2.05) is 0 Å². The molecule has 0 heterocycles. The lowest BCUT2D eigenvalue weighted by Gasteiger charge is -2.15.